The number of anilines is 1. The average molecular weight is 420 g/mol. The molecule has 0 saturated carbocycles. The zero-order valence-electron chi connectivity index (χ0n) is 14.7. The van der Waals surface area contributed by atoms with E-state index < -0.39 is 18.8 Å². The van der Waals surface area contributed by atoms with Gasteiger partial charge in [-0.2, -0.15) is 0 Å². The van der Waals surface area contributed by atoms with Gasteiger partial charge in [-0.3, -0.25) is 9.59 Å². The van der Waals surface area contributed by atoms with E-state index in [0.717, 1.165) is 15.8 Å². The van der Waals surface area contributed by atoms with Gasteiger partial charge in [0.25, 0.3) is 5.91 Å². The molecule has 28 heavy (non-hydrogen) atoms. The number of thiophene rings is 1. The number of halogens is 1. The van der Waals surface area contributed by atoms with Crippen molar-refractivity contribution in [2.45, 2.75) is 18.6 Å². The summed E-state index contributed by atoms with van der Waals surface area (Å²) in [6.45, 7) is -0.500. The molecule has 1 aliphatic rings. The van der Waals surface area contributed by atoms with Crippen molar-refractivity contribution in [2.75, 3.05) is 18.1 Å². The second-order valence-electron chi connectivity index (χ2n) is 6.66. The number of aromatic amines is 1. The molecule has 0 radical (unpaired) electrons. The van der Waals surface area contributed by atoms with Crippen LogP contribution in [0.5, 0.6) is 0 Å². The molecular weight excluding hydrogens is 402 g/mol. The van der Waals surface area contributed by atoms with Crippen molar-refractivity contribution in [1.29, 1.82) is 0 Å². The lowest BCUT2D eigenvalue weighted by molar-refractivity contribution is -0.121. The summed E-state index contributed by atoms with van der Waals surface area (Å²) in [4.78, 5) is 30.9. The topological polar surface area (TPSA) is 106 Å². The Morgan fingerprint density at radius 2 is 2.18 bits per heavy atom. The number of hydrogen-bond donors (Lipinski definition) is 4. The summed E-state index contributed by atoms with van der Waals surface area (Å²) >= 11 is 7.30. The number of aromatic nitrogens is 1. The molecule has 1 aliphatic heterocycles. The first-order valence-electron chi connectivity index (χ1n) is 8.73. The summed E-state index contributed by atoms with van der Waals surface area (Å²) in [5.41, 5.74) is 1.92. The van der Waals surface area contributed by atoms with Crippen LogP contribution in [0.4, 0.5) is 5.69 Å². The van der Waals surface area contributed by atoms with Crippen LogP contribution in [-0.4, -0.2) is 52.3 Å². The third-order valence-electron chi connectivity index (χ3n) is 4.70. The largest absolute Gasteiger partial charge is 0.394 e. The van der Waals surface area contributed by atoms with Crippen LogP contribution in [0.2, 0.25) is 4.34 Å². The molecule has 1 aromatic carbocycles. The normalized spacial score (nSPS) is 17.6. The fraction of sp³-hybridized carbons (Fsp3) is 0.263. The number of amides is 2. The van der Waals surface area contributed by atoms with Crippen LogP contribution in [0.25, 0.3) is 10.2 Å². The molecule has 9 heteroatoms. The number of rotatable bonds is 5. The molecule has 2 amide bonds. The van der Waals surface area contributed by atoms with Crippen LogP contribution in [0.15, 0.2) is 36.4 Å². The van der Waals surface area contributed by atoms with Gasteiger partial charge in [0.2, 0.25) is 5.91 Å². The van der Waals surface area contributed by atoms with Gasteiger partial charge in [0.15, 0.2) is 0 Å². The number of para-hydroxylation sites is 1. The minimum atomic E-state index is -1.06. The number of carbonyl (C=O) groups is 2. The number of nitrogens with zero attached hydrogens (tertiary/aromatic N) is 1. The van der Waals surface area contributed by atoms with E-state index in [1.165, 1.54) is 16.2 Å². The predicted molar refractivity (Wildman–Crippen MR) is 108 cm³/mol. The molecule has 0 bridgehead atoms. The molecule has 2 atom stereocenters. The van der Waals surface area contributed by atoms with Gasteiger partial charge in [-0.05, 0) is 23.8 Å². The van der Waals surface area contributed by atoms with Gasteiger partial charge >= 0.3 is 0 Å². The Balaban J connectivity index is 1.57. The highest BCUT2D eigenvalue weighted by Crippen LogP contribution is 2.30. The second-order valence-corrected chi connectivity index (χ2v) is 8.35. The molecular formula is C19H18ClN3O4S. The van der Waals surface area contributed by atoms with Gasteiger partial charge in [-0.15, -0.1) is 11.3 Å². The van der Waals surface area contributed by atoms with Crippen LogP contribution in [0.3, 0.4) is 0 Å². The molecule has 0 saturated heterocycles. The first-order valence-corrected chi connectivity index (χ1v) is 9.93. The quantitative estimate of drug-likeness (QED) is 0.507. The molecule has 0 spiro atoms. The summed E-state index contributed by atoms with van der Waals surface area (Å²) in [7, 11) is 0. The first kappa shape index (κ1) is 18.9. The van der Waals surface area contributed by atoms with E-state index in [-0.39, 0.29) is 18.4 Å². The Labute approximate surface area is 169 Å². The maximum atomic E-state index is 13.0. The smallest absolute Gasteiger partial charge is 0.268 e. The molecule has 4 rings (SSSR count). The van der Waals surface area contributed by atoms with E-state index in [0.29, 0.717) is 22.1 Å². The maximum absolute atomic E-state index is 13.0. The molecule has 1 unspecified atom stereocenters. The van der Waals surface area contributed by atoms with Crippen molar-refractivity contribution < 1.29 is 19.8 Å². The summed E-state index contributed by atoms with van der Waals surface area (Å²) in [5.74, 6) is -0.712. The number of benzene rings is 1. The van der Waals surface area contributed by atoms with Crippen molar-refractivity contribution in [3.8, 4) is 0 Å². The number of fused-ring (bicyclic) bond motifs is 2. The van der Waals surface area contributed by atoms with Crippen LogP contribution in [-0.2, 0) is 11.2 Å². The minimum Gasteiger partial charge on any atom is -0.394 e. The van der Waals surface area contributed by atoms with Crippen molar-refractivity contribution in [3.63, 3.8) is 0 Å². The van der Waals surface area contributed by atoms with Crippen LogP contribution < -0.4 is 10.2 Å². The molecule has 3 heterocycles. The highest BCUT2D eigenvalue weighted by Gasteiger charge is 2.34. The number of hydrogen-bond acceptors (Lipinski definition) is 5. The number of β-amino-alcohol motifs (C(OH)–C–C–N with tert-alkyl or cyclic N) is 1. The third-order valence-corrected chi connectivity index (χ3v) is 5.90. The number of aliphatic hydroxyl groups is 2. The van der Waals surface area contributed by atoms with E-state index >= 15 is 0 Å². The van der Waals surface area contributed by atoms with Crippen molar-refractivity contribution in [1.82, 2.24) is 10.3 Å². The predicted octanol–water partition coefficient (Wildman–Crippen LogP) is 1.92. The highest BCUT2D eigenvalue weighted by atomic mass is 35.5. The lowest BCUT2D eigenvalue weighted by Crippen LogP contribution is -2.54. The monoisotopic (exact) mass is 419 g/mol. The van der Waals surface area contributed by atoms with Crippen LogP contribution >= 0.6 is 22.9 Å². The maximum Gasteiger partial charge on any atom is 0.268 e. The van der Waals surface area contributed by atoms with E-state index in [9.17, 15) is 14.7 Å². The molecule has 146 valence electrons. The molecule has 0 fully saturated rings. The van der Waals surface area contributed by atoms with Gasteiger partial charge in [-0.25, -0.2) is 0 Å². The Bertz CT molecular complexity index is 1020. The standard InChI is InChI=1S/C19H18ClN3O4S/c20-16-7-11-6-13(22-18(11)28-16)17(26)21-14-5-10-3-1-2-4-15(10)23(19(14)27)8-12(25)9-24/h1-4,6-7,12,14,22,24-25H,5,8-9H2,(H,21,26)/t12-,14?/m0/s1. The van der Waals surface area contributed by atoms with E-state index in [4.69, 9.17) is 16.7 Å². The summed E-state index contributed by atoms with van der Waals surface area (Å²) in [6.07, 6.45) is -0.709. The van der Waals surface area contributed by atoms with E-state index in [2.05, 4.69) is 10.3 Å². The Hall–Kier alpha value is -2.39. The summed E-state index contributed by atoms with van der Waals surface area (Å²) in [5, 5.41) is 22.6. The van der Waals surface area contributed by atoms with Gasteiger partial charge in [0, 0.05) is 17.5 Å². The number of aliphatic hydroxyl groups excluding tert-OH is 2. The van der Waals surface area contributed by atoms with Gasteiger partial charge in [0.1, 0.15) is 16.6 Å². The highest BCUT2D eigenvalue weighted by molar-refractivity contribution is 7.22. The number of nitrogens with one attached hydrogen (secondary N) is 2. The van der Waals surface area contributed by atoms with Gasteiger partial charge < -0.3 is 25.4 Å². The van der Waals surface area contributed by atoms with E-state index in [1.54, 1.807) is 24.3 Å². The van der Waals surface area contributed by atoms with Crippen molar-refractivity contribution in [3.05, 3.63) is 52.0 Å². The van der Waals surface area contributed by atoms with E-state index in [1.807, 2.05) is 12.1 Å². The van der Waals surface area contributed by atoms with Crippen LogP contribution in [0.1, 0.15) is 16.1 Å². The zero-order valence-corrected chi connectivity index (χ0v) is 16.3. The van der Waals surface area contributed by atoms with Crippen LogP contribution in [0, 0.1) is 0 Å². The lowest BCUT2D eigenvalue weighted by Gasteiger charge is -2.35. The molecule has 4 N–H and O–H groups in total. The SMILES string of the molecule is O=C(NC1Cc2ccccc2N(C[C@H](O)CO)C1=O)c1cc2cc(Cl)sc2[nH]1. The Kier molecular flexibility index (Phi) is 5.11. The Morgan fingerprint density at radius 1 is 1.39 bits per heavy atom. The Morgan fingerprint density at radius 3 is 2.93 bits per heavy atom. The molecule has 7 nitrogen and oxygen atoms in total. The summed E-state index contributed by atoms with van der Waals surface area (Å²) in [6, 6.07) is 10.0. The lowest BCUT2D eigenvalue weighted by atomic mass is 9.96. The fourth-order valence-corrected chi connectivity index (χ4v) is 4.51. The van der Waals surface area contributed by atoms with Gasteiger partial charge in [-0.1, -0.05) is 29.8 Å². The average Bonchev–Trinajstić information content (AvgIpc) is 3.22. The molecule has 3 aromatic rings. The molecule has 2 aromatic heterocycles. The number of H-pyrrole nitrogens is 1. The first-order chi connectivity index (χ1) is 13.5. The summed E-state index contributed by atoms with van der Waals surface area (Å²) < 4.78 is 0.630. The third kappa shape index (κ3) is 3.51. The number of carbonyl (C=O) groups excluding carboxylic acids is 2. The van der Waals surface area contributed by atoms with Gasteiger partial charge in [0.05, 0.1) is 23.6 Å². The fourth-order valence-electron chi connectivity index (χ4n) is 3.38. The van der Waals surface area contributed by atoms with Crippen molar-refractivity contribution >= 4 is 50.7 Å². The molecule has 0 aliphatic carbocycles. The zero-order chi connectivity index (χ0) is 19.8. The minimum absolute atomic E-state index is 0.0462. The second kappa shape index (κ2) is 7.56. The van der Waals surface area contributed by atoms with Crippen molar-refractivity contribution in [2.24, 2.45) is 0 Å².